The molecule has 28 heavy (non-hydrogen) atoms. The van der Waals surface area contributed by atoms with Crippen LogP contribution < -0.4 is 16.0 Å². The first-order chi connectivity index (χ1) is 13.6. The van der Waals surface area contributed by atoms with Gasteiger partial charge in [-0.1, -0.05) is 37.3 Å². The summed E-state index contributed by atoms with van der Waals surface area (Å²) in [6.45, 7) is 10.7. The van der Waals surface area contributed by atoms with Gasteiger partial charge in [0.2, 0.25) is 5.91 Å². The molecular formula is C22H37N5O. The molecule has 0 aliphatic carbocycles. The highest BCUT2D eigenvalue weighted by molar-refractivity contribution is 5.81. The largest absolute Gasteiger partial charge is 0.357 e. The third-order valence-corrected chi connectivity index (χ3v) is 5.15. The smallest absolute Gasteiger partial charge is 0.222 e. The van der Waals surface area contributed by atoms with E-state index in [0.717, 1.165) is 51.4 Å². The minimum absolute atomic E-state index is 0.0724. The van der Waals surface area contributed by atoms with E-state index in [1.54, 1.807) is 0 Å². The number of amides is 1. The van der Waals surface area contributed by atoms with Crippen LogP contribution in [0.3, 0.4) is 0 Å². The van der Waals surface area contributed by atoms with E-state index >= 15 is 0 Å². The van der Waals surface area contributed by atoms with Gasteiger partial charge in [-0.05, 0) is 38.7 Å². The summed E-state index contributed by atoms with van der Waals surface area (Å²) < 4.78 is 0. The topological polar surface area (TPSA) is 68.8 Å². The SMILES string of the molecule is CCNC(=NCCC(=O)NC(C)CC)NC1CCN(Cc2ccccc2)CC1. The molecule has 6 heteroatoms. The van der Waals surface area contributed by atoms with Gasteiger partial charge in [-0.15, -0.1) is 0 Å². The Morgan fingerprint density at radius 3 is 2.57 bits per heavy atom. The summed E-state index contributed by atoms with van der Waals surface area (Å²) in [5.41, 5.74) is 1.37. The van der Waals surface area contributed by atoms with Crippen molar-refractivity contribution in [1.29, 1.82) is 0 Å². The Bertz CT molecular complexity index is 596. The van der Waals surface area contributed by atoms with E-state index in [1.165, 1.54) is 5.56 Å². The molecule has 3 N–H and O–H groups in total. The van der Waals surface area contributed by atoms with Crippen LogP contribution in [0.5, 0.6) is 0 Å². The molecule has 0 spiro atoms. The van der Waals surface area contributed by atoms with Crippen molar-refractivity contribution in [2.24, 2.45) is 4.99 Å². The van der Waals surface area contributed by atoms with Gasteiger partial charge in [0.25, 0.3) is 0 Å². The Hall–Kier alpha value is -2.08. The lowest BCUT2D eigenvalue weighted by atomic mass is 10.0. The van der Waals surface area contributed by atoms with E-state index in [1.807, 2.05) is 6.92 Å². The first-order valence-corrected chi connectivity index (χ1v) is 10.7. The zero-order chi connectivity index (χ0) is 20.2. The summed E-state index contributed by atoms with van der Waals surface area (Å²) in [6.07, 6.45) is 3.58. The molecule has 1 saturated heterocycles. The third kappa shape index (κ3) is 8.30. The lowest BCUT2D eigenvalue weighted by Gasteiger charge is -2.33. The number of rotatable bonds is 9. The summed E-state index contributed by atoms with van der Waals surface area (Å²) in [5.74, 6) is 0.892. The van der Waals surface area contributed by atoms with Crippen LogP contribution in [-0.4, -0.2) is 55.0 Å². The van der Waals surface area contributed by atoms with Gasteiger partial charge in [-0.25, -0.2) is 0 Å². The number of guanidine groups is 1. The minimum atomic E-state index is 0.0724. The molecule has 156 valence electrons. The van der Waals surface area contributed by atoms with Crippen molar-refractivity contribution in [1.82, 2.24) is 20.9 Å². The number of hydrogen-bond donors (Lipinski definition) is 3. The maximum Gasteiger partial charge on any atom is 0.222 e. The molecule has 6 nitrogen and oxygen atoms in total. The molecule has 1 fully saturated rings. The van der Waals surface area contributed by atoms with Crippen LogP contribution in [-0.2, 0) is 11.3 Å². The molecule has 1 aliphatic rings. The summed E-state index contributed by atoms with van der Waals surface area (Å²) in [5, 5.41) is 9.83. The molecule has 2 rings (SSSR count). The van der Waals surface area contributed by atoms with Crippen LogP contribution >= 0.6 is 0 Å². The Kier molecular flexibility index (Phi) is 9.83. The Morgan fingerprint density at radius 2 is 1.93 bits per heavy atom. The van der Waals surface area contributed by atoms with Gasteiger partial charge in [0.1, 0.15) is 0 Å². The maximum atomic E-state index is 11.9. The summed E-state index contributed by atoms with van der Waals surface area (Å²) in [7, 11) is 0. The highest BCUT2D eigenvalue weighted by atomic mass is 16.1. The van der Waals surface area contributed by atoms with E-state index in [9.17, 15) is 4.79 Å². The van der Waals surface area contributed by atoms with E-state index in [2.05, 4.69) is 70.0 Å². The second-order valence-electron chi connectivity index (χ2n) is 7.57. The van der Waals surface area contributed by atoms with Crippen molar-refractivity contribution in [3.8, 4) is 0 Å². The van der Waals surface area contributed by atoms with Crippen molar-refractivity contribution < 1.29 is 4.79 Å². The Morgan fingerprint density at radius 1 is 1.21 bits per heavy atom. The molecule has 1 aromatic rings. The highest BCUT2D eigenvalue weighted by Gasteiger charge is 2.20. The molecular weight excluding hydrogens is 350 g/mol. The van der Waals surface area contributed by atoms with Gasteiger partial charge < -0.3 is 16.0 Å². The van der Waals surface area contributed by atoms with Crippen LogP contribution in [0.4, 0.5) is 0 Å². The normalized spacial score (nSPS) is 17.2. The van der Waals surface area contributed by atoms with Crippen LogP contribution in [0, 0.1) is 0 Å². The summed E-state index contributed by atoms with van der Waals surface area (Å²) in [4.78, 5) is 19.0. The minimum Gasteiger partial charge on any atom is -0.357 e. The Balaban J connectivity index is 1.74. The van der Waals surface area contributed by atoms with Gasteiger partial charge in [0, 0.05) is 44.7 Å². The van der Waals surface area contributed by atoms with Crippen molar-refractivity contribution >= 4 is 11.9 Å². The van der Waals surface area contributed by atoms with Crippen LogP contribution in [0.15, 0.2) is 35.3 Å². The molecule has 1 atom stereocenters. The molecule has 1 aromatic carbocycles. The molecule has 1 heterocycles. The van der Waals surface area contributed by atoms with Crippen molar-refractivity contribution in [3.05, 3.63) is 35.9 Å². The number of carbonyl (C=O) groups is 1. The first kappa shape index (κ1) is 22.2. The van der Waals surface area contributed by atoms with Crippen LogP contribution in [0.1, 0.15) is 52.0 Å². The fourth-order valence-corrected chi connectivity index (χ4v) is 3.31. The number of aliphatic imine (C=N–C) groups is 1. The monoisotopic (exact) mass is 387 g/mol. The number of hydrogen-bond acceptors (Lipinski definition) is 3. The average Bonchev–Trinajstić information content (AvgIpc) is 2.70. The predicted molar refractivity (Wildman–Crippen MR) is 116 cm³/mol. The van der Waals surface area contributed by atoms with Crippen LogP contribution in [0.2, 0.25) is 0 Å². The highest BCUT2D eigenvalue weighted by Crippen LogP contribution is 2.13. The van der Waals surface area contributed by atoms with Gasteiger partial charge in [0.15, 0.2) is 5.96 Å². The molecule has 1 aliphatic heterocycles. The molecule has 1 amide bonds. The quantitative estimate of drug-likeness (QED) is 0.450. The summed E-state index contributed by atoms with van der Waals surface area (Å²) >= 11 is 0. The number of likely N-dealkylation sites (tertiary alicyclic amines) is 1. The average molecular weight is 388 g/mol. The number of carbonyl (C=O) groups excluding carboxylic acids is 1. The van der Waals surface area contributed by atoms with E-state index in [-0.39, 0.29) is 11.9 Å². The van der Waals surface area contributed by atoms with Gasteiger partial charge in [0.05, 0.1) is 6.54 Å². The third-order valence-electron chi connectivity index (χ3n) is 5.15. The van der Waals surface area contributed by atoms with E-state index in [4.69, 9.17) is 0 Å². The lowest BCUT2D eigenvalue weighted by Crippen LogP contribution is -2.48. The van der Waals surface area contributed by atoms with E-state index < -0.39 is 0 Å². The second-order valence-corrected chi connectivity index (χ2v) is 7.57. The Labute approximate surface area is 170 Å². The predicted octanol–water partition coefficient (Wildman–Crippen LogP) is 2.51. The van der Waals surface area contributed by atoms with Crippen molar-refractivity contribution in [2.75, 3.05) is 26.2 Å². The lowest BCUT2D eigenvalue weighted by molar-refractivity contribution is -0.121. The maximum absolute atomic E-state index is 11.9. The van der Waals surface area contributed by atoms with Crippen molar-refractivity contribution in [3.63, 3.8) is 0 Å². The molecule has 1 unspecified atom stereocenters. The number of piperidine rings is 1. The van der Waals surface area contributed by atoms with Crippen molar-refractivity contribution in [2.45, 2.75) is 65.1 Å². The molecule has 0 bridgehead atoms. The fourth-order valence-electron chi connectivity index (χ4n) is 3.31. The molecule has 0 saturated carbocycles. The number of nitrogens with one attached hydrogen (secondary N) is 3. The molecule has 0 aromatic heterocycles. The zero-order valence-electron chi connectivity index (χ0n) is 17.7. The first-order valence-electron chi connectivity index (χ1n) is 10.7. The number of nitrogens with zero attached hydrogens (tertiary/aromatic N) is 2. The standard InChI is InChI=1S/C22H37N5O/c1-4-18(3)25-21(28)11-14-24-22(23-5-2)26-20-12-15-27(16-13-20)17-19-9-7-6-8-10-19/h6-10,18,20H,4-5,11-17H2,1-3H3,(H,25,28)(H2,23,24,26). The fraction of sp³-hybridized carbons (Fsp3) is 0.636. The molecule has 0 radical (unpaired) electrons. The van der Waals surface area contributed by atoms with Gasteiger partial charge in [-0.3, -0.25) is 14.7 Å². The zero-order valence-corrected chi connectivity index (χ0v) is 17.7. The number of benzene rings is 1. The summed E-state index contributed by atoms with van der Waals surface area (Å²) in [6, 6.07) is 11.3. The van der Waals surface area contributed by atoms with E-state index in [0.29, 0.717) is 19.0 Å². The van der Waals surface area contributed by atoms with Gasteiger partial charge in [-0.2, -0.15) is 0 Å². The van der Waals surface area contributed by atoms with Gasteiger partial charge >= 0.3 is 0 Å². The second kappa shape index (κ2) is 12.4. The van der Waals surface area contributed by atoms with Crippen LogP contribution in [0.25, 0.3) is 0 Å².